The van der Waals surface area contributed by atoms with Crippen molar-refractivity contribution < 1.29 is 4.79 Å². The van der Waals surface area contributed by atoms with Crippen LogP contribution in [0.25, 0.3) is 0 Å². The van der Waals surface area contributed by atoms with Crippen molar-refractivity contribution in [3.05, 3.63) is 23.3 Å². The number of rotatable bonds is 2. The topological polar surface area (TPSA) is 49.3 Å². The standard InChI is InChI=1S/C20H30N4O/c1-23-10-9-18-17(14-23)13-21-19(22-18)15-7-11-24(12-8-15)20(25)16-5-3-2-4-6-16/h13,15-16H,2-12,14H2,1H3. The Morgan fingerprint density at radius 1 is 1.08 bits per heavy atom. The van der Waals surface area contributed by atoms with Gasteiger partial charge >= 0.3 is 0 Å². The maximum absolute atomic E-state index is 12.7. The number of amides is 1. The number of carbonyl (C=O) groups excluding carboxylic acids is 1. The van der Waals surface area contributed by atoms with Crippen LogP contribution in [0.1, 0.15) is 67.9 Å². The van der Waals surface area contributed by atoms with Crippen LogP contribution in [0.15, 0.2) is 6.20 Å². The maximum Gasteiger partial charge on any atom is 0.225 e. The van der Waals surface area contributed by atoms with E-state index in [1.807, 2.05) is 6.20 Å². The highest BCUT2D eigenvalue weighted by Gasteiger charge is 2.30. The Morgan fingerprint density at radius 2 is 1.84 bits per heavy atom. The van der Waals surface area contributed by atoms with Gasteiger partial charge in [0.05, 0.1) is 0 Å². The van der Waals surface area contributed by atoms with E-state index in [1.165, 1.54) is 30.5 Å². The van der Waals surface area contributed by atoms with Gasteiger partial charge in [-0.05, 0) is 32.7 Å². The lowest BCUT2D eigenvalue weighted by Gasteiger charge is -2.35. The largest absolute Gasteiger partial charge is 0.342 e. The molecule has 1 aliphatic carbocycles. The number of hydrogen-bond donors (Lipinski definition) is 0. The minimum absolute atomic E-state index is 0.294. The summed E-state index contributed by atoms with van der Waals surface area (Å²) in [4.78, 5) is 26.7. The second-order valence-electron chi connectivity index (χ2n) is 8.12. The molecule has 1 amide bonds. The maximum atomic E-state index is 12.7. The highest BCUT2D eigenvalue weighted by Crippen LogP contribution is 2.30. The molecule has 0 bridgehead atoms. The lowest BCUT2D eigenvalue weighted by atomic mass is 9.87. The van der Waals surface area contributed by atoms with Crippen molar-refractivity contribution in [2.45, 2.75) is 63.8 Å². The fraction of sp³-hybridized carbons (Fsp3) is 0.750. The molecule has 3 heterocycles. The van der Waals surface area contributed by atoms with Gasteiger partial charge in [0.1, 0.15) is 5.82 Å². The summed E-state index contributed by atoms with van der Waals surface area (Å²) in [5, 5.41) is 0. The van der Waals surface area contributed by atoms with Crippen LogP contribution >= 0.6 is 0 Å². The van der Waals surface area contributed by atoms with Gasteiger partial charge in [-0.3, -0.25) is 4.79 Å². The van der Waals surface area contributed by atoms with Crippen LogP contribution < -0.4 is 0 Å². The van der Waals surface area contributed by atoms with Crippen LogP contribution in [0.3, 0.4) is 0 Å². The summed E-state index contributed by atoms with van der Waals surface area (Å²) in [7, 11) is 2.15. The fourth-order valence-corrected chi connectivity index (χ4v) is 4.64. The molecule has 5 heteroatoms. The third-order valence-corrected chi connectivity index (χ3v) is 6.27. The average molecular weight is 342 g/mol. The lowest BCUT2D eigenvalue weighted by molar-refractivity contribution is -0.137. The third-order valence-electron chi connectivity index (χ3n) is 6.27. The molecule has 2 aliphatic heterocycles. The first-order valence-electron chi connectivity index (χ1n) is 10.0. The average Bonchev–Trinajstić information content (AvgIpc) is 2.68. The SMILES string of the molecule is CN1CCc2nc(C3CCN(C(=O)C4CCCCC4)CC3)ncc2C1. The number of nitrogens with zero attached hydrogens (tertiary/aromatic N) is 4. The van der Waals surface area contributed by atoms with Crippen molar-refractivity contribution in [3.8, 4) is 0 Å². The van der Waals surface area contributed by atoms with Gasteiger partial charge in [0.25, 0.3) is 0 Å². The van der Waals surface area contributed by atoms with E-state index < -0.39 is 0 Å². The first-order valence-corrected chi connectivity index (χ1v) is 10.0. The second kappa shape index (κ2) is 7.40. The minimum atomic E-state index is 0.294. The molecule has 0 spiro atoms. The molecule has 25 heavy (non-hydrogen) atoms. The Labute approximate surface area is 150 Å². The van der Waals surface area contributed by atoms with Crippen molar-refractivity contribution in [2.75, 3.05) is 26.7 Å². The number of aromatic nitrogens is 2. The van der Waals surface area contributed by atoms with Crippen molar-refractivity contribution in [3.63, 3.8) is 0 Å². The molecule has 136 valence electrons. The van der Waals surface area contributed by atoms with Gasteiger partial charge in [-0.1, -0.05) is 19.3 Å². The van der Waals surface area contributed by atoms with Crippen molar-refractivity contribution in [1.29, 1.82) is 0 Å². The summed E-state index contributed by atoms with van der Waals surface area (Å²) in [5.41, 5.74) is 2.52. The van der Waals surface area contributed by atoms with Crippen LogP contribution in [0.4, 0.5) is 0 Å². The molecule has 2 fully saturated rings. The van der Waals surface area contributed by atoms with E-state index in [-0.39, 0.29) is 0 Å². The van der Waals surface area contributed by atoms with E-state index in [0.717, 1.165) is 64.1 Å². The van der Waals surface area contributed by atoms with Crippen LogP contribution in [-0.2, 0) is 17.8 Å². The highest BCUT2D eigenvalue weighted by atomic mass is 16.2. The van der Waals surface area contributed by atoms with E-state index in [2.05, 4.69) is 21.8 Å². The van der Waals surface area contributed by atoms with Crippen LogP contribution in [0.2, 0.25) is 0 Å². The quantitative estimate of drug-likeness (QED) is 0.829. The van der Waals surface area contributed by atoms with E-state index >= 15 is 0 Å². The van der Waals surface area contributed by atoms with E-state index in [1.54, 1.807) is 0 Å². The minimum Gasteiger partial charge on any atom is -0.342 e. The van der Waals surface area contributed by atoms with Crippen molar-refractivity contribution in [2.24, 2.45) is 5.92 Å². The summed E-state index contributed by atoms with van der Waals surface area (Å²) in [6.07, 6.45) is 11.0. The first-order chi connectivity index (χ1) is 12.2. The van der Waals surface area contributed by atoms with Gasteiger partial charge in [0.15, 0.2) is 0 Å². The third kappa shape index (κ3) is 3.71. The van der Waals surface area contributed by atoms with Gasteiger partial charge in [0, 0.05) is 61.9 Å². The molecule has 0 N–H and O–H groups in total. The number of hydrogen-bond acceptors (Lipinski definition) is 4. The van der Waals surface area contributed by atoms with E-state index in [4.69, 9.17) is 4.98 Å². The molecule has 5 nitrogen and oxygen atoms in total. The van der Waals surface area contributed by atoms with Crippen LogP contribution in [-0.4, -0.2) is 52.4 Å². The van der Waals surface area contributed by atoms with Gasteiger partial charge in [-0.15, -0.1) is 0 Å². The lowest BCUT2D eigenvalue weighted by Crippen LogP contribution is -2.42. The monoisotopic (exact) mass is 342 g/mol. The summed E-state index contributed by atoms with van der Waals surface area (Å²) < 4.78 is 0. The predicted octanol–water partition coefficient (Wildman–Crippen LogP) is 2.75. The summed E-state index contributed by atoms with van der Waals surface area (Å²) >= 11 is 0. The number of likely N-dealkylation sites (tertiary alicyclic amines) is 1. The zero-order chi connectivity index (χ0) is 17.2. The predicted molar refractivity (Wildman–Crippen MR) is 97.2 cm³/mol. The molecule has 1 saturated heterocycles. The van der Waals surface area contributed by atoms with Crippen molar-refractivity contribution >= 4 is 5.91 Å². The molecule has 1 aromatic heterocycles. The molecule has 0 atom stereocenters. The van der Waals surface area contributed by atoms with Crippen molar-refractivity contribution in [1.82, 2.24) is 19.8 Å². The van der Waals surface area contributed by atoms with Gasteiger partial charge < -0.3 is 9.80 Å². The summed E-state index contributed by atoms with van der Waals surface area (Å²) in [6, 6.07) is 0. The molecule has 1 aromatic rings. The molecule has 0 aromatic carbocycles. The summed E-state index contributed by atoms with van der Waals surface area (Å²) in [5.74, 6) is 2.13. The van der Waals surface area contributed by atoms with Gasteiger partial charge in [0.2, 0.25) is 5.91 Å². The second-order valence-corrected chi connectivity index (χ2v) is 8.12. The highest BCUT2D eigenvalue weighted by molar-refractivity contribution is 5.79. The Hall–Kier alpha value is -1.49. The Kier molecular flexibility index (Phi) is 5.02. The molecule has 0 unspecified atom stereocenters. The Bertz CT molecular complexity index is 618. The number of fused-ring (bicyclic) bond motifs is 1. The fourth-order valence-electron chi connectivity index (χ4n) is 4.64. The molecule has 4 rings (SSSR count). The Morgan fingerprint density at radius 3 is 2.60 bits per heavy atom. The Balaban J connectivity index is 1.36. The smallest absolute Gasteiger partial charge is 0.225 e. The molecule has 3 aliphatic rings. The molecular weight excluding hydrogens is 312 g/mol. The van der Waals surface area contributed by atoms with Gasteiger partial charge in [-0.2, -0.15) is 0 Å². The number of carbonyl (C=O) groups is 1. The first kappa shape index (κ1) is 17.0. The van der Waals surface area contributed by atoms with E-state index in [0.29, 0.717) is 17.7 Å². The van der Waals surface area contributed by atoms with Crippen LogP contribution in [0.5, 0.6) is 0 Å². The molecule has 1 saturated carbocycles. The zero-order valence-corrected chi connectivity index (χ0v) is 15.4. The van der Waals surface area contributed by atoms with Crippen LogP contribution in [0, 0.1) is 5.92 Å². The molecular formula is C20H30N4O. The number of piperidine rings is 1. The number of likely N-dealkylation sites (N-methyl/N-ethyl adjacent to an activating group) is 1. The normalized spacial score (nSPS) is 23.5. The van der Waals surface area contributed by atoms with E-state index in [9.17, 15) is 4.79 Å². The molecule has 0 radical (unpaired) electrons. The zero-order valence-electron chi connectivity index (χ0n) is 15.4. The van der Waals surface area contributed by atoms with Gasteiger partial charge in [-0.25, -0.2) is 9.97 Å². The summed E-state index contributed by atoms with van der Waals surface area (Å²) in [6.45, 7) is 3.80.